The van der Waals surface area contributed by atoms with E-state index in [1.54, 1.807) is 24.3 Å². The number of nitro groups is 1. The summed E-state index contributed by atoms with van der Waals surface area (Å²) in [4.78, 5) is 14.4. The fourth-order valence-electron chi connectivity index (χ4n) is 1.96. The molecular formula is C15H17N3O3. The second-order valence-electron chi connectivity index (χ2n) is 4.77. The molecule has 0 radical (unpaired) electrons. The van der Waals surface area contributed by atoms with Crippen molar-refractivity contribution in [2.75, 3.05) is 6.54 Å². The van der Waals surface area contributed by atoms with Crippen molar-refractivity contribution in [1.82, 2.24) is 10.3 Å². The molecule has 0 atom stereocenters. The van der Waals surface area contributed by atoms with Crippen molar-refractivity contribution in [3.63, 3.8) is 0 Å². The van der Waals surface area contributed by atoms with Crippen LogP contribution in [0.15, 0.2) is 36.4 Å². The summed E-state index contributed by atoms with van der Waals surface area (Å²) in [5.41, 5.74) is 2.61. The Balaban J connectivity index is 1.81. The summed E-state index contributed by atoms with van der Waals surface area (Å²) in [7, 11) is 0. The fraction of sp³-hybridized carbons (Fsp3) is 0.267. The maximum absolute atomic E-state index is 10.6. The molecule has 2 rings (SSSR count). The van der Waals surface area contributed by atoms with Crippen molar-refractivity contribution in [2.45, 2.75) is 19.9 Å². The number of aryl methyl sites for hydroxylation is 1. The molecule has 1 aromatic carbocycles. The molecule has 0 saturated carbocycles. The number of pyridine rings is 1. The highest BCUT2D eigenvalue weighted by molar-refractivity contribution is 5.33. The SMILES string of the molecule is Cc1ccc(O)c(CNCCc2ccc([N+](=O)[O-])cc2)n1. The van der Waals surface area contributed by atoms with Gasteiger partial charge >= 0.3 is 0 Å². The number of nitrogens with one attached hydrogen (secondary N) is 1. The van der Waals surface area contributed by atoms with E-state index >= 15 is 0 Å². The number of nitrogens with zero attached hydrogens (tertiary/aromatic N) is 2. The first kappa shape index (κ1) is 14.9. The van der Waals surface area contributed by atoms with E-state index in [-0.39, 0.29) is 11.4 Å². The van der Waals surface area contributed by atoms with Crippen molar-refractivity contribution in [3.05, 3.63) is 63.5 Å². The lowest BCUT2D eigenvalue weighted by molar-refractivity contribution is -0.384. The lowest BCUT2D eigenvalue weighted by Crippen LogP contribution is -2.17. The van der Waals surface area contributed by atoms with Gasteiger partial charge in [0.25, 0.3) is 5.69 Å². The van der Waals surface area contributed by atoms with Crippen molar-refractivity contribution < 1.29 is 10.0 Å². The first-order chi connectivity index (χ1) is 10.1. The standard InChI is InChI=1S/C15H17N3O3/c1-11-2-7-15(19)14(17-11)10-16-9-8-12-3-5-13(6-4-12)18(20)21/h2-7,16,19H,8-10H2,1H3. The summed E-state index contributed by atoms with van der Waals surface area (Å²) in [6.07, 6.45) is 0.755. The van der Waals surface area contributed by atoms with Crippen LogP contribution >= 0.6 is 0 Å². The molecule has 0 aliphatic heterocycles. The van der Waals surface area contributed by atoms with Crippen LogP contribution in [0.1, 0.15) is 17.0 Å². The van der Waals surface area contributed by atoms with E-state index < -0.39 is 4.92 Å². The predicted molar refractivity (Wildman–Crippen MR) is 79.1 cm³/mol. The number of hydrogen-bond donors (Lipinski definition) is 2. The van der Waals surface area contributed by atoms with E-state index in [0.29, 0.717) is 18.8 Å². The van der Waals surface area contributed by atoms with Crippen molar-refractivity contribution in [2.24, 2.45) is 0 Å². The second-order valence-corrected chi connectivity index (χ2v) is 4.77. The molecule has 1 heterocycles. The summed E-state index contributed by atoms with van der Waals surface area (Å²) in [5, 5.41) is 23.4. The topological polar surface area (TPSA) is 88.3 Å². The van der Waals surface area contributed by atoms with Gasteiger partial charge in [0.1, 0.15) is 5.75 Å². The molecule has 1 aromatic heterocycles. The maximum Gasteiger partial charge on any atom is 0.269 e. The number of hydrogen-bond acceptors (Lipinski definition) is 5. The normalized spacial score (nSPS) is 10.5. The Bertz CT molecular complexity index is 627. The summed E-state index contributed by atoms with van der Waals surface area (Å²) in [6, 6.07) is 9.91. The number of nitro benzene ring substituents is 1. The predicted octanol–water partition coefficient (Wildman–Crippen LogP) is 2.34. The molecule has 0 amide bonds. The Morgan fingerprint density at radius 2 is 1.95 bits per heavy atom. The van der Waals surface area contributed by atoms with E-state index in [1.165, 1.54) is 12.1 Å². The van der Waals surface area contributed by atoms with E-state index in [0.717, 1.165) is 17.7 Å². The molecule has 6 nitrogen and oxygen atoms in total. The van der Waals surface area contributed by atoms with Gasteiger partial charge < -0.3 is 10.4 Å². The third-order valence-electron chi connectivity index (χ3n) is 3.12. The zero-order chi connectivity index (χ0) is 15.2. The molecule has 110 valence electrons. The van der Waals surface area contributed by atoms with Crippen molar-refractivity contribution >= 4 is 5.69 Å². The average molecular weight is 287 g/mol. The second kappa shape index (κ2) is 6.81. The zero-order valence-electron chi connectivity index (χ0n) is 11.7. The molecule has 0 aliphatic rings. The summed E-state index contributed by atoms with van der Waals surface area (Å²) in [6.45, 7) is 3.06. The van der Waals surface area contributed by atoms with Crippen LogP contribution in [-0.2, 0) is 13.0 Å². The van der Waals surface area contributed by atoms with Crippen LogP contribution in [0.25, 0.3) is 0 Å². The quantitative estimate of drug-likeness (QED) is 0.483. The van der Waals surface area contributed by atoms with E-state index in [2.05, 4.69) is 10.3 Å². The van der Waals surface area contributed by atoms with Crippen LogP contribution in [0.2, 0.25) is 0 Å². The molecule has 0 fully saturated rings. The van der Waals surface area contributed by atoms with Crippen LogP contribution in [0.4, 0.5) is 5.69 Å². The molecular weight excluding hydrogens is 270 g/mol. The van der Waals surface area contributed by atoms with Gasteiger partial charge in [0.2, 0.25) is 0 Å². The Morgan fingerprint density at radius 1 is 1.24 bits per heavy atom. The Kier molecular flexibility index (Phi) is 4.84. The number of non-ortho nitro benzene ring substituents is 1. The van der Waals surface area contributed by atoms with Gasteiger partial charge in [-0.2, -0.15) is 0 Å². The zero-order valence-corrected chi connectivity index (χ0v) is 11.7. The van der Waals surface area contributed by atoms with Crippen molar-refractivity contribution in [1.29, 1.82) is 0 Å². The van der Waals surface area contributed by atoms with Gasteiger partial charge in [-0.1, -0.05) is 12.1 Å². The minimum atomic E-state index is -0.409. The highest BCUT2D eigenvalue weighted by Gasteiger charge is 2.05. The third-order valence-corrected chi connectivity index (χ3v) is 3.12. The first-order valence-electron chi connectivity index (χ1n) is 6.66. The molecule has 21 heavy (non-hydrogen) atoms. The van der Waals surface area contributed by atoms with Gasteiger partial charge in [-0.15, -0.1) is 0 Å². The van der Waals surface area contributed by atoms with Gasteiger partial charge in [-0.25, -0.2) is 0 Å². The molecule has 2 N–H and O–H groups in total. The maximum atomic E-state index is 10.6. The van der Waals surface area contributed by atoms with Crippen LogP contribution in [-0.4, -0.2) is 21.6 Å². The third kappa shape index (κ3) is 4.25. The molecule has 0 unspecified atom stereocenters. The van der Waals surface area contributed by atoms with Crippen LogP contribution in [0, 0.1) is 17.0 Å². The van der Waals surface area contributed by atoms with Crippen molar-refractivity contribution in [3.8, 4) is 5.75 Å². The Labute approximate surface area is 122 Å². The molecule has 0 bridgehead atoms. The van der Waals surface area contributed by atoms with Gasteiger partial charge in [0.15, 0.2) is 0 Å². The van der Waals surface area contributed by atoms with Gasteiger partial charge in [0.05, 0.1) is 10.6 Å². The average Bonchev–Trinajstić information content (AvgIpc) is 2.47. The first-order valence-corrected chi connectivity index (χ1v) is 6.66. The number of rotatable bonds is 6. The smallest absolute Gasteiger partial charge is 0.269 e. The highest BCUT2D eigenvalue weighted by Crippen LogP contribution is 2.14. The van der Waals surface area contributed by atoms with E-state index in [4.69, 9.17) is 0 Å². The number of aromatic hydroxyl groups is 1. The lowest BCUT2D eigenvalue weighted by atomic mass is 10.1. The van der Waals surface area contributed by atoms with Gasteiger partial charge in [-0.3, -0.25) is 15.1 Å². The van der Waals surface area contributed by atoms with Gasteiger partial charge in [0, 0.05) is 24.4 Å². The highest BCUT2D eigenvalue weighted by atomic mass is 16.6. The van der Waals surface area contributed by atoms with Gasteiger partial charge in [-0.05, 0) is 37.6 Å². The molecule has 0 spiro atoms. The number of benzene rings is 1. The molecule has 0 saturated heterocycles. The Morgan fingerprint density at radius 3 is 2.62 bits per heavy atom. The summed E-state index contributed by atoms with van der Waals surface area (Å²) in [5.74, 6) is 0.184. The van der Waals surface area contributed by atoms with E-state index in [1.807, 2.05) is 6.92 Å². The van der Waals surface area contributed by atoms with Crippen LogP contribution in [0.5, 0.6) is 5.75 Å². The van der Waals surface area contributed by atoms with Crippen LogP contribution in [0.3, 0.4) is 0 Å². The molecule has 2 aromatic rings. The van der Waals surface area contributed by atoms with E-state index in [9.17, 15) is 15.2 Å². The largest absolute Gasteiger partial charge is 0.506 e. The summed E-state index contributed by atoms with van der Waals surface area (Å²) >= 11 is 0. The van der Waals surface area contributed by atoms with Crippen LogP contribution < -0.4 is 5.32 Å². The number of aromatic nitrogens is 1. The fourth-order valence-corrected chi connectivity index (χ4v) is 1.96. The minimum absolute atomic E-state index is 0.0978. The molecule has 0 aliphatic carbocycles. The monoisotopic (exact) mass is 287 g/mol. The minimum Gasteiger partial charge on any atom is -0.506 e. The Hall–Kier alpha value is -2.47. The molecule has 6 heteroatoms. The summed E-state index contributed by atoms with van der Waals surface area (Å²) < 4.78 is 0. The lowest BCUT2D eigenvalue weighted by Gasteiger charge is -2.07.